The second-order valence-corrected chi connectivity index (χ2v) is 6.14. The zero-order valence-electron chi connectivity index (χ0n) is 11.9. The van der Waals surface area contributed by atoms with Crippen molar-refractivity contribution in [2.24, 2.45) is 0 Å². The topological polar surface area (TPSA) is 41.5 Å². The molecule has 0 fully saturated rings. The average molecular weight is 348 g/mol. The highest BCUT2D eigenvalue weighted by molar-refractivity contribution is 9.10. The molecule has 2 aromatic rings. The predicted octanol–water partition coefficient (Wildman–Crippen LogP) is 3.94. The van der Waals surface area contributed by atoms with Gasteiger partial charge in [0, 0.05) is 17.1 Å². The minimum Gasteiger partial charge on any atom is -0.504 e. The molecule has 21 heavy (non-hydrogen) atoms. The van der Waals surface area contributed by atoms with Crippen LogP contribution in [0.25, 0.3) is 0 Å². The highest BCUT2D eigenvalue weighted by atomic mass is 79.9. The molecule has 3 nitrogen and oxygen atoms in total. The van der Waals surface area contributed by atoms with Gasteiger partial charge in [-0.2, -0.15) is 0 Å². The van der Waals surface area contributed by atoms with Crippen LogP contribution >= 0.6 is 15.9 Å². The molecular weight excluding hydrogens is 330 g/mol. The molecular formula is C17H18BrNO2. The van der Waals surface area contributed by atoms with Gasteiger partial charge in [0.05, 0.1) is 7.11 Å². The van der Waals surface area contributed by atoms with Gasteiger partial charge in [0.1, 0.15) is 0 Å². The second kappa shape index (κ2) is 6.08. The van der Waals surface area contributed by atoms with E-state index in [1.54, 1.807) is 19.2 Å². The molecule has 0 spiro atoms. The Morgan fingerprint density at radius 2 is 2.19 bits per heavy atom. The van der Waals surface area contributed by atoms with Crippen LogP contribution in [0.4, 0.5) is 0 Å². The number of aromatic hydroxyl groups is 1. The first-order valence-corrected chi connectivity index (χ1v) is 7.85. The van der Waals surface area contributed by atoms with Crippen molar-refractivity contribution >= 4 is 15.9 Å². The Kier molecular flexibility index (Phi) is 4.17. The normalized spacial score (nSPS) is 16.8. The fourth-order valence-corrected chi connectivity index (χ4v) is 3.49. The molecule has 110 valence electrons. The van der Waals surface area contributed by atoms with Crippen LogP contribution in [-0.2, 0) is 13.0 Å². The Labute approximate surface area is 133 Å². The van der Waals surface area contributed by atoms with E-state index in [-0.39, 0.29) is 5.75 Å². The minimum atomic E-state index is 0.186. The summed E-state index contributed by atoms with van der Waals surface area (Å²) in [5.41, 5.74) is 3.84. The van der Waals surface area contributed by atoms with Crippen LogP contribution in [-0.4, -0.2) is 12.2 Å². The number of phenolic OH excluding ortho intramolecular Hbond substituents is 1. The highest BCUT2D eigenvalue weighted by Gasteiger charge is 2.23. The van der Waals surface area contributed by atoms with Crippen LogP contribution in [0, 0.1) is 0 Å². The maximum atomic E-state index is 9.82. The fourth-order valence-electron chi connectivity index (χ4n) is 2.91. The first-order valence-electron chi connectivity index (χ1n) is 7.05. The summed E-state index contributed by atoms with van der Waals surface area (Å²) < 4.78 is 6.26. The Morgan fingerprint density at radius 3 is 2.95 bits per heavy atom. The molecule has 0 radical (unpaired) electrons. The van der Waals surface area contributed by atoms with Gasteiger partial charge < -0.3 is 15.2 Å². The zero-order chi connectivity index (χ0) is 14.8. The lowest BCUT2D eigenvalue weighted by Crippen LogP contribution is -2.18. The fraction of sp³-hybridized carbons (Fsp3) is 0.294. The quantitative estimate of drug-likeness (QED) is 0.879. The molecule has 3 rings (SSSR count). The van der Waals surface area contributed by atoms with E-state index in [1.807, 2.05) is 6.07 Å². The Balaban J connectivity index is 1.70. The molecule has 2 aromatic carbocycles. The Hall–Kier alpha value is -1.52. The van der Waals surface area contributed by atoms with E-state index in [2.05, 4.69) is 39.4 Å². The number of halogens is 1. The minimum absolute atomic E-state index is 0.186. The summed E-state index contributed by atoms with van der Waals surface area (Å²) in [4.78, 5) is 0. The summed E-state index contributed by atoms with van der Waals surface area (Å²) in [7, 11) is 1.56. The van der Waals surface area contributed by atoms with Crippen molar-refractivity contribution in [3.63, 3.8) is 0 Å². The number of phenols is 1. The van der Waals surface area contributed by atoms with Gasteiger partial charge in [-0.15, -0.1) is 0 Å². The van der Waals surface area contributed by atoms with Crippen molar-refractivity contribution in [1.29, 1.82) is 0 Å². The van der Waals surface area contributed by atoms with Crippen molar-refractivity contribution < 1.29 is 9.84 Å². The highest BCUT2D eigenvalue weighted by Crippen LogP contribution is 2.36. The molecule has 2 N–H and O–H groups in total. The third-order valence-corrected chi connectivity index (χ3v) is 4.75. The van der Waals surface area contributed by atoms with Gasteiger partial charge >= 0.3 is 0 Å². The third-order valence-electron chi connectivity index (χ3n) is 4.01. The maximum absolute atomic E-state index is 9.82. The third kappa shape index (κ3) is 2.92. The molecule has 0 aromatic heterocycles. The molecule has 0 bridgehead atoms. The number of fused-ring (bicyclic) bond motifs is 1. The number of hydrogen-bond acceptors (Lipinski definition) is 3. The molecule has 4 heteroatoms. The molecule has 1 atom stereocenters. The van der Waals surface area contributed by atoms with Crippen LogP contribution in [0.1, 0.15) is 29.2 Å². The number of ether oxygens (including phenoxy) is 1. The zero-order valence-corrected chi connectivity index (χ0v) is 13.5. The van der Waals surface area contributed by atoms with Crippen LogP contribution in [0.5, 0.6) is 11.5 Å². The summed E-state index contributed by atoms with van der Waals surface area (Å²) >= 11 is 3.62. The van der Waals surface area contributed by atoms with Crippen LogP contribution < -0.4 is 10.1 Å². The number of methoxy groups -OCH3 is 1. The number of benzene rings is 2. The van der Waals surface area contributed by atoms with Gasteiger partial charge in [0.25, 0.3) is 0 Å². The molecule has 0 saturated carbocycles. The summed E-state index contributed by atoms with van der Waals surface area (Å²) in [5, 5.41) is 13.4. The van der Waals surface area contributed by atoms with E-state index in [1.165, 1.54) is 15.6 Å². The molecule has 0 heterocycles. The molecule has 0 saturated heterocycles. The SMILES string of the molecule is COc1ccc(CNC2CCc3c(Br)cccc32)cc1O. The monoisotopic (exact) mass is 347 g/mol. The second-order valence-electron chi connectivity index (χ2n) is 5.29. The number of hydrogen-bond donors (Lipinski definition) is 2. The lowest BCUT2D eigenvalue weighted by molar-refractivity contribution is 0.372. The van der Waals surface area contributed by atoms with Crippen molar-refractivity contribution in [1.82, 2.24) is 5.32 Å². The molecule has 0 amide bonds. The summed E-state index contributed by atoms with van der Waals surface area (Å²) in [5.74, 6) is 0.695. The van der Waals surface area contributed by atoms with Gasteiger partial charge in [-0.3, -0.25) is 0 Å². The van der Waals surface area contributed by atoms with E-state index < -0.39 is 0 Å². The van der Waals surface area contributed by atoms with Crippen molar-refractivity contribution in [3.05, 3.63) is 57.6 Å². The average Bonchev–Trinajstić information content (AvgIpc) is 2.90. The number of nitrogens with one attached hydrogen (secondary N) is 1. The van der Waals surface area contributed by atoms with Crippen LogP contribution in [0.15, 0.2) is 40.9 Å². The van der Waals surface area contributed by atoms with E-state index in [0.717, 1.165) is 24.9 Å². The molecule has 1 aliphatic rings. The lowest BCUT2D eigenvalue weighted by Gasteiger charge is -2.15. The van der Waals surface area contributed by atoms with Crippen molar-refractivity contribution in [2.75, 3.05) is 7.11 Å². The predicted molar refractivity (Wildman–Crippen MR) is 86.7 cm³/mol. The van der Waals surface area contributed by atoms with E-state index >= 15 is 0 Å². The van der Waals surface area contributed by atoms with Crippen molar-refractivity contribution in [3.8, 4) is 11.5 Å². The van der Waals surface area contributed by atoms with Gasteiger partial charge in [-0.05, 0) is 47.7 Å². The van der Waals surface area contributed by atoms with E-state index in [0.29, 0.717) is 11.8 Å². The Bertz CT molecular complexity index is 657. The molecule has 1 unspecified atom stereocenters. The first-order chi connectivity index (χ1) is 10.2. The van der Waals surface area contributed by atoms with Gasteiger partial charge in [-0.25, -0.2) is 0 Å². The standard InChI is InChI=1S/C17H18BrNO2/c1-21-17-8-5-11(9-16(17)20)10-19-15-7-6-12-13(15)3-2-4-14(12)18/h2-5,8-9,15,19-20H,6-7,10H2,1H3. The summed E-state index contributed by atoms with van der Waals surface area (Å²) in [6.45, 7) is 0.730. The van der Waals surface area contributed by atoms with E-state index in [4.69, 9.17) is 4.74 Å². The maximum Gasteiger partial charge on any atom is 0.160 e. The Morgan fingerprint density at radius 1 is 1.33 bits per heavy atom. The van der Waals surface area contributed by atoms with Gasteiger partial charge in [0.2, 0.25) is 0 Å². The lowest BCUT2D eigenvalue weighted by atomic mass is 10.1. The van der Waals surface area contributed by atoms with Gasteiger partial charge in [-0.1, -0.05) is 34.1 Å². The smallest absolute Gasteiger partial charge is 0.160 e. The number of rotatable bonds is 4. The first kappa shape index (κ1) is 14.4. The largest absolute Gasteiger partial charge is 0.504 e. The van der Waals surface area contributed by atoms with Crippen LogP contribution in [0.3, 0.4) is 0 Å². The van der Waals surface area contributed by atoms with Gasteiger partial charge in [0.15, 0.2) is 11.5 Å². The van der Waals surface area contributed by atoms with Crippen molar-refractivity contribution in [2.45, 2.75) is 25.4 Å². The summed E-state index contributed by atoms with van der Waals surface area (Å²) in [6, 6.07) is 12.3. The van der Waals surface area contributed by atoms with E-state index in [9.17, 15) is 5.11 Å². The summed E-state index contributed by atoms with van der Waals surface area (Å²) in [6.07, 6.45) is 2.21. The molecule has 0 aliphatic heterocycles. The van der Waals surface area contributed by atoms with Crippen LogP contribution in [0.2, 0.25) is 0 Å². The molecule has 1 aliphatic carbocycles.